The van der Waals surface area contributed by atoms with Crippen molar-refractivity contribution in [2.75, 3.05) is 51.5 Å². The van der Waals surface area contributed by atoms with Crippen molar-refractivity contribution in [2.45, 2.75) is 38.0 Å². The van der Waals surface area contributed by atoms with Crippen LogP contribution in [0.25, 0.3) is 10.9 Å². The number of nitrogens with zero attached hydrogens (tertiary/aromatic N) is 2. The number of nitrogens with one attached hydrogen (secondary N) is 3. The lowest BCUT2D eigenvalue weighted by molar-refractivity contribution is 0.00489. The van der Waals surface area contributed by atoms with Gasteiger partial charge in [-0.1, -0.05) is 12.0 Å². The molecular weight excluding hydrogens is 507 g/mol. The van der Waals surface area contributed by atoms with Gasteiger partial charge in [-0.25, -0.2) is 13.2 Å². The monoisotopic (exact) mass is 541 g/mol. The largest absolute Gasteiger partial charge is 0.495 e. The number of likely N-dealkylation sites (tertiary alicyclic amines) is 1. The highest BCUT2D eigenvalue weighted by atomic mass is 19.3. The summed E-state index contributed by atoms with van der Waals surface area (Å²) in [5.74, 6) is 3.32. The first-order valence-electron chi connectivity index (χ1n) is 12.8. The fourth-order valence-corrected chi connectivity index (χ4v) is 4.78. The van der Waals surface area contributed by atoms with Crippen LogP contribution in [0.5, 0.6) is 5.75 Å². The molecular formula is C29H34F3N5O2. The molecule has 0 unspecified atom stereocenters. The number of hydrogen-bond acceptors (Lipinski definition) is 5. The summed E-state index contributed by atoms with van der Waals surface area (Å²) in [6.07, 6.45) is -0.387. The summed E-state index contributed by atoms with van der Waals surface area (Å²) >= 11 is 0. The maximum Gasteiger partial charge on any atom is 0.262 e. The number of halogens is 3. The quantitative estimate of drug-likeness (QED) is 0.364. The van der Waals surface area contributed by atoms with Gasteiger partial charge < -0.3 is 30.2 Å². The summed E-state index contributed by atoms with van der Waals surface area (Å²) in [7, 11) is 4.95. The van der Waals surface area contributed by atoms with Gasteiger partial charge in [-0.05, 0) is 55.8 Å². The molecule has 3 N–H and O–H groups in total. The number of alkyl halides is 3. The average Bonchev–Trinajstić information content (AvgIpc) is 3.24. The summed E-state index contributed by atoms with van der Waals surface area (Å²) in [6.45, 7) is 1.68. The van der Waals surface area contributed by atoms with Crippen molar-refractivity contribution in [3.63, 3.8) is 0 Å². The Bertz CT molecular complexity index is 1390. The lowest BCUT2D eigenvalue weighted by Crippen LogP contribution is -2.46. The minimum atomic E-state index is -2.96. The van der Waals surface area contributed by atoms with E-state index in [1.807, 2.05) is 18.0 Å². The molecule has 7 nitrogen and oxygen atoms in total. The van der Waals surface area contributed by atoms with Crippen LogP contribution in [0.4, 0.5) is 24.5 Å². The van der Waals surface area contributed by atoms with Gasteiger partial charge in [0.1, 0.15) is 11.9 Å². The second-order valence-electron chi connectivity index (χ2n) is 9.89. The third kappa shape index (κ3) is 6.79. The SMILES string of the molecule is CNC(=O)c1ccc(NCC#Cc2cc3c(N[C@@H]4CCN(C)C[C@@H]4F)cccc3n2CC(C)(F)F)c(OC)c1. The summed E-state index contributed by atoms with van der Waals surface area (Å²) in [5, 5.41) is 9.75. The molecule has 0 radical (unpaired) electrons. The van der Waals surface area contributed by atoms with E-state index in [1.54, 1.807) is 43.4 Å². The third-order valence-corrected chi connectivity index (χ3v) is 6.74. The van der Waals surface area contributed by atoms with E-state index in [4.69, 9.17) is 4.74 Å². The van der Waals surface area contributed by atoms with Crippen LogP contribution in [0.1, 0.15) is 29.4 Å². The van der Waals surface area contributed by atoms with Crippen molar-refractivity contribution in [3.05, 3.63) is 53.7 Å². The number of fused-ring (bicyclic) bond motifs is 1. The van der Waals surface area contributed by atoms with E-state index in [-0.39, 0.29) is 18.5 Å². The maximum atomic E-state index is 14.7. The predicted molar refractivity (Wildman–Crippen MR) is 149 cm³/mol. The topological polar surface area (TPSA) is 70.6 Å². The second kappa shape index (κ2) is 11.9. The van der Waals surface area contributed by atoms with E-state index in [0.717, 1.165) is 18.9 Å². The number of amides is 1. The van der Waals surface area contributed by atoms with Crippen molar-refractivity contribution in [1.29, 1.82) is 0 Å². The van der Waals surface area contributed by atoms with Crippen LogP contribution in [0, 0.1) is 11.8 Å². The van der Waals surface area contributed by atoms with Gasteiger partial charge >= 0.3 is 0 Å². The molecule has 0 saturated carbocycles. The standard InChI is InChI=1S/C29H34F3N5O2/c1-29(31,32)18-37-20(7-6-13-34-25-11-10-19(28(38)33-2)15-27(25)39-4)16-21-23(8-5-9-26(21)37)35-24-12-14-36(3)17-22(24)30/h5,8-11,15-16,22,24,34-35H,12-14,17-18H2,1-4H3,(H,33,38)/t22-,24+/m0/s1. The summed E-state index contributed by atoms with van der Waals surface area (Å²) < 4.78 is 49.9. The molecule has 208 valence electrons. The number of aromatic nitrogens is 1. The van der Waals surface area contributed by atoms with Crippen LogP contribution in [0.2, 0.25) is 0 Å². The van der Waals surface area contributed by atoms with E-state index in [0.29, 0.717) is 46.9 Å². The minimum Gasteiger partial charge on any atom is -0.495 e. The van der Waals surface area contributed by atoms with Crippen LogP contribution in [0.3, 0.4) is 0 Å². The van der Waals surface area contributed by atoms with Crippen molar-refractivity contribution in [3.8, 4) is 17.6 Å². The van der Waals surface area contributed by atoms with Crippen molar-refractivity contribution in [2.24, 2.45) is 0 Å². The fourth-order valence-electron chi connectivity index (χ4n) is 4.78. The van der Waals surface area contributed by atoms with Crippen LogP contribution in [-0.4, -0.2) is 74.3 Å². The normalized spacial score (nSPS) is 17.8. The molecule has 1 amide bonds. The molecule has 1 aliphatic rings. The lowest BCUT2D eigenvalue weighted by Gasteiger charge is -2.33. The van der Waals surface area contributed by atoms with Crippen LogP contribution in [-0.2, 0) is 6.54 Å². The summed E-state index contributed by atoms with van der Waals surface area (Å²) in [4.78, 5) is 13.8. The molecule has 2 aromatic carbocycles. The number of hydrogen-bond donors (Lipinski definition) is 3. The first-order valence-corrected chi connectivity index (χ1v) is 12.8. The van der Waals surface area contributed by atoms with Crippen molar-refractivity contribution < 1.29 is 22.7 Å². The van der Waals surface area contributed by atoms with Gasteiger partial charge in [0.25, 0.3) is 11.8 Å². The number of benzene rings is 2. The number of anilines is 2. The highest BCUT2D eigenvalue weighted by molar-refractivity contribution is 5.95. The molecule has 2 heterocycles. The Morgan fingerprint density at radius 3 is 2.69 bits per heavy atom. The summed E-state index contributed by atoms with van der Waals surface area (Å²) in [6, 6.07) is 11.8. The van der Waals surface area contributed by atoms with Gasteiger partial charge in [-0.2, -0.15) is 0 Å². The first-order chi connectivity index (χ1) is 18.6. The smallest absolute Gasteiger partial charge is 0.262 e. The predicted octanol–water partition coefficient (Wildman–Crippen LogP) is 4.58. The average molecular weight is 542 g/mol. The van der Waals surface area contributed by atoms with E-state index in [2.05, 4.69) is 27.8 Å². The van der Waals surface area contributed by atoms with Gasteiger partial charge in [0.05, 0.1) is 43.1 Å². The number of rotatable bonds is 8. The highest BCUT2D eigenvalue weighted by Crippen LogP contribution is 2.31. The van der Waals surface area contributed by atoms with Crippen molar-refractivity contribution in [1.82, 2.24) is 14.8 Å². The zero-order valence-corrected chi connectivity index (χ0v) is 22.6. The highest BCUT2D eigenvalue weighted by Gasteiger charge is 2.29. The molecule has 3 aromatic rings. The Labute approximate surface area is 226 Å². The van der Waals surface area contributed by atoms with Crippen LogP contribution >= 0.6 is 0 Å². The number of methoxy groups -OCH3 is 1. The molecule has 2 atom stereocenters. The lowest BCUT2D eigenvalue weighted by atomic mass is 10.0. The van der Waals surface area contributed by atoms with E-state index >= 15 is 0 Å². The first kappa shape index (κ1) is 28.2. The zero-order valence-electron chi connectivity index (χ0n) is 22.6. The molecule has 1 aliphatic heterocycles. The zero-order chi connectivity index (χ0) is 28.2. The number of carbonyl (C=O) groups excluding carboxylic acids is 1. The maximum absolute atomic E-state index is 14.7. The van der Waals surface area contributed by atoms with Crippen LogP contribution in [0.15, 0.2) is 42.5 Å². The summed E-state index contributed by atoms with van der Waals surface area (Å²) in [5.41, 5.74) is 2.84. The third-order valence-electron chi connectivity index (χ3n) is 6.74. The molecule has 39 heavy (non-hydrogen) atoms. The molecule has 0 bridgehead atoms. The van der Waals surface area contributed by atoms with Gasteiger partial charge in [-0.15, -0.1) is 0 Å². The molecule has 1 saturated heterocycles. The van der Waals surface area contributed by atoms with E-state index in [1.165, 1.54) is 11.7 Å². The molecule has 0 spiro atoms. The van der Waals surface area contributed by atoms with E-state index in [9.17, 15) is 18.0 Å². The molecule has 4 rings (SSSR count). The van der Waals surface area contributed by atoms with Crippen LogP contribution < -0.4 is 20.7 Å². The molecule has 1 aromatic heterocycles. The van der Waals surface area contributed by atoms with E-state index < -0.39 is 18.6 Å². The Hall–Kier alpha value is -3.84. The minimum absolute atomic E-state index is 0.212. The number of ether oxygens (including phenoxy) is 1. The Morgan fingerprint density at radius 2 is 2.00 bits per heavy atom. The van der Waals surface area contributed by atoms with Gasteiger partial charge in [-0.3, -0.25) is 4.79 Å². The Kier molecular flexibility index (Phi) is 8.60. The van der Waals surface area contributed by atoms with Crippen molar-refractivity contribution >= 4 is 28.2 Å². The molecule has 0 aliphatic carbocycles. The van der Waals surface area contributed by atoms with Gasteiger partial charge in [0.15, 0.2) is 0 Å². The molecule has 10 heteroatoms. The Morgan fingerprint density at radius 1 is 1.21 bits per heavy atom. The second-order valence-corrected chi connectivity index (χ2v) is 9.89. The van der Waals surface area contributed by atoms with Gasteiger partial charge in [0.2, 0.25) is 0 Å². The fraction of sp³-hybridized carbons (Fsp3) is 0.414. The van der Waals surface area contributed by atoms with Gasteiger partial charge in [0, 0.05) is 43.7 Å². The Balaban J connectivity index is 1.59. The number of carbonyl (C=O) groups is 1. The number of piperidine rings is 1. The molecule has 1 fully saturated rings.